The molecular formula is C24H32N4O4. The summed E-state index contributed by atoms with van der Waals surface area (Å²) in [6.45, 7) is 1.20. The number of hydrogen-bond acceptors (Lipinski definition) is 5. The van der Waals surface area contributed by atoms with E-state index in [9.17, 15) is 14.4 Å². The van der Waals surface area contributed by atoms with Crippen molar-refractivity contribution in [2.45, 2.75) is 19.3 Å². The van der Waals surface area contributed by atoms with Crippen LogP contribution < -0.4 is 16.0 Å². The molecule has 0 fully saturated rings. The first-order chi connectivity index (χ1) is 15.4. The summed E-state index contributed by atoms with van der Waals surface area (Å²) in [5.41, 5.74) is 2.93. The van der Waals surface area contributed by atoms with E-state index in [1.165, 1.54) is 0 Å². The third kappa shape index (κ3) is 8.77. The molecule has 2 aromatic carbocycles. The standard InChI is InChI=1S/C24H32N4O4/c1-28(2)23(30)13-10-18-8-11-20(12-9-18)27-22(29)17-26-21-7-4-6-19(16-21)24(31)25-14-5-15-32-3/h4,6-9,11-12,16,26H,5,10,13-15,17H2,1-3H3,(H,25,31)(H,27,29). The average molecular weight is 441 g/mol. The quantitative estimate of drug-likeness (QED) is 0.441. The SMILES string of the molecule is COCCCNC(=O)c1cccc(NCC(=O)Nc2ccc(CCC(=O)N(C)C)cc2)c1. The number of carbonyl (C=O) groups excluding carboxylic acids is 3. The topological polar surface area (TPSA) is 99.8 Å². The average Bonchev–Trinajstić information content (AvgIpc) is 2.79. The summed E-state index contributed by atoms with van der Waals surface area (Å²) in [7, 11) is 5.11. The molecule has 0 aliphatic heterocycles. The van der Waals surface area contributed by atoms with Gasteiger partial charge < -0.3 is 25.6 Å². The van der Waals surface area contributed by atoms with Gasteiger partial charge in [-0.1, -0.05) is 18.2 Å². The van der Waals surface area contributed by atoms with Crippen molar-refractivity contribution in [3.05, 3.63) is 59.7 Å². The maximum atomic E-state index is 12.3. The summed E-state index contributed by atoms with van der Waals surface area (Å²) in [5.74, 6) is -0.280. The molecule has 172 valence electrons. The number of rotatable bonds is 12. The van der Waals surface area contributed by atoms with Crippen LogP contribution >= 0.6 is 0 Å². The summed E-state index contributed by atoms with van der Waals surface area (Å²) in [5, 5.41) is 8.71. The van der Waals surface area contributed by atoms with Crippen molar-refractivity contribution >= 4 is 29.1 Å². The Kier molecular flexibility index (Phi) is 10.2. The van der Waals surface area contributed by atoms with Crippen molar-refractivity contribution in [1.82, 2.24) is 10.2 Å². The van der Waals surface area contributed by atoms with Gasteiger partial charge in [0.2, 0.25) is 11.8 Å². The Morgan fingerprint density at radius 1 is 1.00 bits per heavy atom. The van der Waals surface area contributed by atoms with Gasteiger partial charge in [0.25, 0.3) is 5.91 Å². The van der Waals surface area contributed by atoms with Gasteiger partial charge in [-0.05, 0) is 48.7 Å². The number of nitrogens with zero attached hydrogens (tertiary/aromatic N) is 1. The van der Waals surface area contributed by atoms with E-state index in [1.54, 1.807) is 50.4 Å². The Morgan fingerprint density at radius 3 is 2.44 bits per heavy atom. The van der Waals surface area contributed by atoms with Gasteiger partial charge in [0.05, 0.1) is 6.54 Å². The second kappa shape index (κ2) is 13.1. The highest BCUT2D eigenvalue weighted by molar-refractivity contribution is 5.96. The Labute approximate surface area is 189 Å². The van der Waals surface area contributed by atoms with Gasteiger partial charge in [0.15, 0.2) is 0 Å². The number of benzene rings is 2. The molecule has 0 bridgehead atoms. The van der Waals surface area contributed by atoms with Crippen LogP contribution in [-0.4, -0.2) is 63.5 Å². The lowest BCUT2D eigenvalue weighted by Crippen LogP contribution is -2.25. The molecule has 8 heteroatoms. The molecule has 0 heterocycles. The van der Waals surface area contributed by atoms with E-state index in [0.29, 0.717) is 42.9 Å². The number of ether oxygens (including phenoxy) is 1. The Morgan fingerprint density at radius 2 is 1.75 bits per heavy atom. The van der Waals surface area contributed by atoms with E-state index < -0.39 is 0 Å². The van der Waals surface area contributed by atoms with Crippen LogP contribution in [-0.2, 0) is 20.7 Å². The lowest BCUT2D eigenvalue weighted by molar-refractivity contribution is -0.128. The fourth-order valence-electron chi connectivity index (χ4n) is 2.91. The molecule has 0 aliphatic rings. The molecule has 32 heavy (non-hydrogen) atoms. The highest BCUT2D eigenvalue weighted by Gasteiger charge is 2.08. The molecule has 0 aromatic heterocycles. The zero-order chi connectivity index (χ0) is 23.3. The molecule has 0 radical (unpaired) electrons. The van der Waals surface area contributed by atoms with Gasteiger partial charge in [0.1, 0.15) is 0 Å². The molecule has 2 rings (SSSR count). The Hall–Kier alpha value is -3.39. The summed E-state index contributed by atoms with van der Waals surface area (Å²) < 4.78 is 4.97. The van der Waals surface area contributed by atoms with Gasteiger partial charge >= 0.3 is 0 Å². The molecule has 0 spiro atoms. The minimum absolute atomic E-state index is 0.0675. The third-order valence-electron chi connectivity index (χ3n) is 4.75. The molecule has 0 atom stereocenters. The predicted molar refractivity (Wildman–Crippen MR) is 126 cm³/mol. The van der Waals surface area contributed by atoms with Crippen LogP contribution in [0.25, 0.3) is 0 Å². The molecule has 8 nitrogen and oxygen atoms in total. The largest absolute Gasteiger partial charge is 0.385 e. The van der Waals surface area contributed by atoms with Crippen molar-refractivity contribution in [2.75, 3.05) is 51.5 Å². The summed E-state index contributed by atoms with van der Waals surface area (Å²) in [6.07, 6.45) is 1.85. The van der Waals surface area contributed by atoms with Gasteiger partial charge in [-0.15, -0.1) is 0 Å². The highest BCUT2D eigenvalue weighted by atomic mass is 16.5. The van der Waals surface area contributed by atoms with Gasteiger partial charge in [-0.3, -0.25) is 14.4 Å². The Balaban J connectivity index is 1.79. The van der Waals surface area contributed by atoms with E-state index in [0.717, 1.165) is 12.0 Å². The fraction of sp³-hybridized carbons (Fsp3) is 0.375. The predicted octanol–water partition coefficient (Wildman–Crippen LogP) is 2.52. The number of methoxy groups -OCH3 is 1. The first kappa shape index (κ1) is 24.9. The zero-order valence-electron chi connectivity index (χ0n) is 18.9. The fourth-order valence-corrected chi connectivity index (χ4v) is 2.91. The number of carbonyl (C=O) groups is 3. The first-order valence-electron chi connectivity index (χ1n) is 10.6. The smallest absolute Gasteiger partial charge is 0.251 e. The number of anilines is 2. The monoisotopic (exact) mass is 440 g/mol. The second-order valence-electron chi connectivity index (χ2n) is 7.57. The minimum atomic E-state index is -0.199. The van der Waals surface area contributed by atoms with Crippen LogP contribution in [0, 0.1) is 0 Å². The zero-order valence-corrected chi connectivity index (χ0v) is 18.9. The Bertz CT molecular complexity index is 897. The molecule has 3 amide bonds. The summed E-state index contributed by atoms with van der Waals surface area (Å²) >= 11 is 0. The van der Waals surface area contributed by atoms with Crippen molar-refractivity contribution in [3.8, 4) is 0 Å². The van der Waals surface area contributed by atoms with Crippen molar-refractivity contribution in [3.63, 3.8) is 0 Å². The summed E-state index contributed by atoms with van der Waals surface area (Å²) in [4.78, 5) is 37.7. The van der Waals surface area contributed by atoms with E-state index in [1.807, 2.05) is 24.3 Å². The van der Waals surface area contributed by atoms with E-state index in [-0.39, 0.29) is 24.3 Å². The number of nitrogens with one attached hydrogen (secondary N) is 3. The van der Waals surface area contributed by atoms with Crippen LogP contribution in [0.2, 0.25) is 0 Å². The summed E-state index contributed by atoms with van der Waals surface area (Å²) in [6, 6.07) is 14.5. The molecule has 0 saturated heterocycles. The van der Waals surface area contributed by atoms with E-state index >= 15 is 0 Å². The normalized spacial score (nSPS) is 10.3. The lowest BCUT2D eigenvalue weighted by Gasteiger charge is -2.11. The maximum absolute atomic E-state index is 12.3. The second-order valence-corrected chi connectivity index (χ2v) is 7.57. The molecule has 2 aromatic rings. The molecule has 3 N–H and O–H groups in total. The van der Waals surface area contributed by atoms with Crippen molar-refractivity contribution in [2.24, 2.45) is 0 Å². The molecule has 0 unspecified atom stereocenters. The van der Waals surface area contributed by atoms with Gasteiger partial charge in [-0.2, -0.15) is 0 Å². The van der Waals surface area contributed by atoms with Gasteiger partial charge in [-0.25, -0.2) is 0 Å². The third-order valence-corrected chi connectivity index (χ3v) is 4.75. The van der Waals surface area contributed by atoms with Crippen molar-refractivity contribution in [1.29, 1.82) is 0 Å². The molecule has 0 aliphatic carbocycles. The van der Waals surface area contributed by atoms with Crippen molar-refractivity contribution < 1.29 is 19.1 Å². The van der Waals surface area contributed by atoms with Crippen LogP contribution in [0.5, 0.6) is 0 Å². The molecule has 0 saturated carbocycles. The minimum Gasteiger partial charge on any atom is -0.385 e. The molecular weight excluding hydrogens is 408 g/mol. The number of hydrogen-bond donors (Lipinski definition) is 3. The highest BCUT2D eigenvalue weighted by Crippen LogP contribution is 2.13. The van der Waals surface area contributed by atoms with Crippen LogP contribution in [0.3, 0.4) is 0 Å². The van der Waals surface area contributed by atoms with E-state index in [4.69, 9.17) is 4.74 Å². The van der Waals surface area contributed by atoms with E-state index in [2.05, 4.69) is 16.0 Å². The maximum Gasteiger partial charge on any atom is 0.251 e. The van der Waals surface area contributed by atoms with Gasteiger partial charge in [0, 0.05) is 57.7 Å². The van der Waals surface area contributed by atoms with Crippen LogP contribution in [0.15, 0.2) is 48.5 Å². The number of amides is 3. The van der Waals surface area contributed by atoms with Crippen LogP contribution in [0.1, 0.15) is 28.8 Å². The van der Waals surface area contributed by atoms with Crippen LogP contribution in [0.4, 0.5) is 11.4 Å². The first-order valence-corrected chi connectivity index (χ1v) is 10.6. The number of aryl methyl sites for hydroxylation is 1. The lowest BCUT2D eigenvalue weighted by atomic mass is 10.1.